The lowest BCUT2D eigenvalue weighted by Crippen LogP contribution is -2.42. The van der Waals surface area contributed by atoms with E-state index in [9.17, 15) is 0 Å². The van der Waals surface area contributed by atoms with Gasteiger partial charge in [0.25, 0.3) is 0 Å². The summed E-state index contributed by atoms with van der Waals surface area (Å²) >= 11 is 0. The minimum absolute atomic E-state index is 0.379. The molecule has 3 unspecified atom stereocenters. The van der Waals surface area contributed by atoms with Crippen molar-refractivity contribution < 1.29 is 4.74 Å². The molecule has 0 aromatic heterocycles. The Morgan fingerprint density at radius 3 is 2.12 bits per heavy atom. The summed E-state index contributed by atoms with van der Waals surface area (Å²) in [5.74, 6) is 0.795. The average molecular weight is 229 g/mol. The van der Waals surface area contributed by atoms with Gasteiger partial charge in [0, 0.05) is 13.2 Å². The molecule has 0 rings (SSSR count). The highest BCUT2D eigenvalue weighted by Gasteiger charge is 2.21. The van der Waals surface area contributed by atoms with Gasteiger partial charge in [-0.2, -0.15) is 0 Å². The van der Waals surface area contributed by atoms with Crippen LogP contribution in [0, 0.1) is 5.92 Å². The van der Waals surface area contributed by atoms with Crippen LogP contribution in [0.4, 0.5) is 0 Å². The Hall–Kier alpha value is -0.0800. The Morgan fingerprint density at radius 2 is 1.69 bits per heavy atom. The van der Waals surface area contributed by atoms with Crippen molar-refractivity contribution in [1.29, 1.82) is 0 Å². The van der Waals surface area contributed by atoms with Crippen molar-refractivity contribution in [3.63, 3.8) is 0 Å². The zero-order valence-electron chi connectivity index (χ0n) is 11.9. The molecule has 2 heteroatoms. The van der Waals surface area contributed by atoms with Crippen molar-refractivity contribution in [1.82, 2.24) is 5.32 Å². The van der Waals surface area contributed by atoms with Crippen LogP contribution in [0.2, 0.25) is 0 Å². The molecule has 0 saturated heterocycles. The quantitative estimate of drug-likeness (QED) is 0.618. The molecule has 0 fully saturated rings. The lowest BCUT2D eigenvalue weighted by molar-refractivity contribution is 0.0534. The number of nitrogens with one attached hydrogen (secondary N) is 1. The highest BCUT2D eigenvalue weighted by atomic mass is 16.5. The van der Waals surface area contributed by atoms with Gasteiger partial charge in [0.2, 0.25) is 0 Å². The summed E-state index contributed by atoms with van der Waals surface area (Å²) in [6.45, 7) is 10.1. The minimum Gasteiger partial charge on any atom is -0.380 e. The van der Waals surface area contributed by atoms with Crippen molar-refractivity contribution in [3.8, 4) is 0 Å². The second-order valence-corrected chi connectivity index (χ2v) is 4.86. The Balaban J connectivity index is 4.20. The van der Waals surface area contributed by atoms with Gasteiger partial charge in [-0.05, 0) is 25.3 Å². The van der Waals surface area contributed by atoms with Gasteiger partial charge >= 0.3 is 0 Å². The predicted octanol–water partition coefficient (Wildman–Crippen LogP) is 3.61. The number of ether oxygens (including phenoxy) is 1. The number of methoxy groups -OCH3 is 1. The molecule has 0 aromatic carbocycles. The lowest BCUT2D eigenvalue weighted by atomic mass is 9.92. The molecule has 16 heavy (non-hydrogen) atoms. The van der Waals surface area contributed by atoms with E-state index in [0.717, 1.165) is 18.9 Å². The third kappa shape index (κ3) is 6.49. The molecule has 0 bridgehead atoms. The van der Waals surface area contributed by atoms with Gasteiger partial charge in [0.1, 0.15) is 0 Å². The van der Waals surface area contributed by atoms with E-state index in [1.54, 1.807) is 0 Å². The first-order valence-electron chi connectivity index (χ1n) is 6.95. The van der Waals surface area contributed by atoms with Crippen LogP contribution < -0.4 is 5.32 Å². The molecular weight excluding hydrogens is 198 g/mol. The molecule has 3 atom stereocenters. The summed E-state index contributed by atoms with van der Waals surface area (Å²) < 4.78 is 5.62. The molecule has 1 N–H and O–H groups in total. The SMILES string of the molecule is CCCC(C)CC(NCC)C(CCC)OC. The van der Waals surface area contributed by atoms with Gasteiger partial charge in [-0.1, -0.05) is 47.0 Å². The monoisotopic (exact) mass is 229 g/mol. The van der Waals surface area contributed by atoms with Crippen LogP contribution in [0.25, 0.3) is 0 Å². The Morgan fingerprint density at radius 1 is 1.06 bits per heavy atom. The van der Waals surface area contributed by atoms with E-state index in [1.165, 1.54) is 25.7 Å². The van der Waals surface area contributed by atoms with Crippen molar-refractivity contribution in [2.24, 2.45) is 5.92 Å². The smallest absolute Gasteiger partial charge is 0.0724 e. The second kappa shape index (κ2) is 10.1. The van der Waals surface area contributed by atoms with E-state index in [4.69, 9.17) is 4.74 Å². The standard InChI is InChI=1S/C14H31NO/c1-6-9-12(4)11-13(15-8-3)14(16-5)10-7-2/h12-15H,6-11H2,1-5H3. The predicted molar refractivity (Wildman–Crippen MR) is 71.9 cm³/mol. The van der Waals surface area contributed by atoms with Gasteiger partial charge in [-0.15, -0.1) is 0 Å². The second-order valence-electron chi connectivity index (χ2n) is 4.86. The Kier molecular flexibility index (Phi) is 10.0. The Bertz CT molecular complexity index is 150. The molecule has 0 aliphatic carbocycles. The largest absolute Gasteiger partial charge is 0.380 e. The zero-order chi connectivity index (χ0) is 12.4. The van der Waals surface area contributed by atoms with E-state index < -0.39 is 0 Å². The van der Waals surface area contributed by atoms with Gasteiger partial charge in [0.15, 0.2) is 0 Å². The maximum Gasteiger partial charge on any atom is 0.0724 e. The highest BCUT2D eigenvalue weighted by Crippen LogP contribution is 2.18. The average Bonchev–Trinajstić information content (AvgIpc) is 2.25. The van der Waals surface area contributed by atoms with Crippen molar-refractivity contribution in [2.75, 3.05) is 13.7 Å². The molecule has 0 aliphatic heterocycles. The van der Waals surface area contributed by atoms with Crippen LogP contribution in [-0.4, -0.2) is 25.8 Å². The summed E-state index contributed by atoms with van der Waals surface area (Å²) in [6.07, 6.45) is 6.58. The normalized spacial score (nSPS) is 17.1. The number of rotatable bonds is 10. The van der Waals surface area contributed by atoms with Crippen LogP contribution in [0.5, 0.6) is 0 Å². The third-order valence-corrected chi connectivity index (χ3v) is 3.23. The van der Waals surface area contributed by atoms with Gasteiger partial charge in [-0.3, -0.25) is 0 Å². The topological polar surface area (TPSA) is 21.3 Å². The molecule has 0 amide bonds. The van der Waals surface area contributed by atoms with Crippen LogP contribution in [0.15, 0.2) is 0 Å². The summed E-state index contributed by atoms with van der Waals surface area (Å²) in [5.41, 5.74) is 0. The molecule has 0 saturated carbocycles. The molecule has 0 aromatic rings. The summed E-state index contributed by atoms with van der Waals surface area (Å²) in [4.78, 5) is 0. The Labute approximate surface area is 102 Å². The number of hydrogen-bond donors (Lipinski definition) is 1. The first-order chi connectivity index (χ1) is 7.69. The fourth-order valence-electron chi connectivity index (χ4n) is 2.44. The van der Waals surface area contributed by atoms with Crippen LogP contribution in [-0.2, 0) is 4.74 Å². The van der Waals surface area contributed by atoms with E-state index in [0.29, 0.717) is 12.1 Å². The molecule has 98 valence electrons. The van der Waals surface area contributed by atoms with E-state index in [1.807, 2.05) is 7.11 Å². The van der Waals surface area contributed by atoms with Crippen LogP contribution in [0.1, 0.15) is 59.8 Å². The minimum atomic E-state index is 0.379. The third-order valence-electron chi connectivity index (χ3n) is 3.23. The molecule has 0 heterocycles. The number of likely N-dealkylation sites (N-methyl/N-ethyl adjacent to an activating group) is 1. The van der Waals surface area contributed by atoms with Gasteiger partial charge in [-0.25, -0.2) is 0 Å². The van der Waals surface area contributed by atoms with E-state index in [2.05, 4.69) is 33.0 Å². The summed E-state index contributed by atoms with van der Waals surface area (Å²) in [6, 6.07) is 0.525. The van der Waals surface area contributed by atoms with E-state index in [-0.39, 0.29) is 0 Å². The summed E-state index contributed by atoms with van der Waals surface area (Å²) in [7, 11) is 1.84. The number of hydrogen-bond acceptors (Lipinski definition) is 2. The zero-order valence-corrected chi connectivity index (χ0v) is 11.9. The fourth-order valence-corrected chi connectivity index (χ4v) is 2.44. The van der Waals surface area contributed by atoms with E-state index >= 15 is 0 Å². The van der Waals surface area contributed by atoms with Gasteiger partial charge < -0.3 is 10.1 Å². The lowest BCUT2D eigenvalue weighted by Gasteiger charge is -2.29. The first kappa shape index (κ1) is 15.9. The first-order valence-corrected chi connectivity index (χ1v) is 6.95. The summed E-state index contributed by atoms with van der Waals surface area (Å²) in [5, 5.41) is 3.58. The molecule has 0 radical (unpaired) electrons. The van der Waals surface area contributed by atoms with Gasteiger partial charge in [0.05, 0.1) is 6.10 Å². The maximum absolute atomic E-state index is 5.62. The highest BCUT2D eigenvalue weighted by molar-refractivity contribution is 4.78. The molecular formula is C14H31NO. The van der Waals surface area contributed by atoms with Crippen molar-refractivity contribution in [3.05, 3.63) is 0 Å². The molecule has 0 spiro atoms. The molecule has 0 aliphatic rings. The fraction of sp³-hybridized carbons (Fsp3) is 1.00. The van der Waals surface area contributed by atoms with Crippen molar-refractivity contribution in [2.45, 2.75) is 71.9 Å². The molecule has 2 nitrogen and oxygen atoms in total. The van der Waals surface area contributed by atoms with Crippen LogP contribution in [0.3, 0.4) is 0 Å². The maximum atomic E-state index is 5.62. The van der Waals surface area contributed by atoms with Crippen LogP contribution >= 0.6 is 0 Å². The van der Waals surface area contributed by atoms with Crippen molar-refractivity contribution >= 4 is 0 Å².